The van der Waals surface area contributed by atoms with Gasteiger partial charge in [-0.1, -0.05) is 60.7 Å². The van der Waals surface area contributed by atoms with E-state index in [9.17, 15) is 19.2 Å². The summed E-state index contributed by atoms with van der Waals surface area (Å²) >= 11 is 0. The maximum Gasteiger partial charge on any atom is 0.408 e. The summed E-state index contributed by atoms with van der Waals surface area (Å²) < 4.78 is 10.2. The molecule has 162 valence electrons. The van der Waals surface area contributed by atoms with Crippen LogP contribution < -0.4 is 10.7 Å². The second kappa shape index (κ2) is 10.2. The summed E-state index contributed by atoms with van der Waals surface area (Å²) in [5.41, 5.74) is 4.02. The molecule has 2 atom stereocenters. The normalized spacial score (nSPS) is 16.0. The molecule has 3 rings (SSSR count). The highest BCUT2D eigenvalue weighted by Gasteiger charge is 2.41. The van der Waals surface area contributed by atoms with Gasteiger partial charge in [-0.2, -0.15) is 0 Å². The van der Waals surface area contributed by atoms with Crippen molar-refractivity contribution in [1.29, 1.82) is 0 Å². The molecule has 0 radical (unpaired) electrons. The predicted molar refractivity (Wildman–Crippen MR) is 109 cm³/mol. The van der Waals surface area contributed by atoms with Crippen LogP contribution >= 0.6 is 0 Å². The molecule has 0 spiro atoms. The lowest BCUT2D eigenvalue weighted by Gasteiger charge is -2.39. The lowest BCUT2D eigenvalue weighted by molar-refractivity contribution is -0.192. The summed E-state index contributed by atoms with van der Waals surface area (Å²) in [5.74, 6) is -1.60. The van der Waals surface area contributed by atoms with Gasteiger partial charge >= 0.3 is 12.1 Å². The average Bonchev–Trinajstić information content (AvgIpc) is 2.76. The second-order valence-corrected chi connectivity index (χ2v) is 6.96. The third kappa shape index (κ3) is 6.30. The van der Waals surface area contributed by atoms with Crippen LogP contribution in [-0.4, -0.2) is 41.2 Å². The zero-order valence-corrected chi connectivity index (χ0v) is 16.9. The quantitative estimate of drug-likeness (QED) is 0.491. The van der Waals surface area contributed by atoms with E-state index >= 15 is 0 Å². The summed E-state index contributed by atoms with van der Waals surface area (Å²) in [5, 5.41) is 3.48. The van der Waals surface area contributed by atoms with Gasteiger partial charge in [0.1, 0.15) is 12.6 Å². The number of hydrogen-bond donors (Lipinski definition) is 2. The average molecular weight is 425 g/mol. The van der Waals surface area contributed by atoms with Crippen molar-refractivity contribution in [3.63, 3.8) is 0 Å². The number of ether oxygens (including phenoxy) is 2. The van der Waals surface area contributed by atoms with Crippen LogP contribution in [0, 0.1) is 0 Å². The largest absolute Gasteiger partial charge is 0.445 e. The lowest BCUT2D eigenvalue weighted by Crippen LogP contribution is -2.65. The van der Waals surface area contributed by atoms with Crippen molar-refractivity contribution in [1.82, 2.24) is 15.8 Å². The predicted octanol–water partition coefficient (Wildman–Crippen LogP) is 1.68. The van der Waals surface area contributed by atoms with Gasteiger partial charge in [-0.3, -0.25) is 19.8 Å². The van der Waals surface area contributed by atoms with Crippen LogP contribution in [0.2, 0.25) is 0 Å². The SMILES string of the molecule is CC(=O)OC1CC(=O)N1NC(=O)[C@H](Cc1ccccc1)NC(=O)OCc1ccccc1. The standard InChI is InChI=1S/C22H23N3O6/c1-15(26)31-20-13-19(27)25(20)24-21(28)18(12-16-8-4-2-5-9-16)23-22(29)30-14-17-10-6-3-7-11-17/h2-11,18,20H,12-14H2,1H3,(H,23,29)(H,24,28)/t18-,20?/m0/s1. The van der Waals surface area contributed by atoms with Crippen molar-refractivity contribution in [3.8, 4) is 0 Å². The first-order chi connectivity index (χ1) is 14.9. The van der Waals surface area contributed by atoms with Crippen molar-refractivity contribution in [2.24, 2.45) is 0 Å². The van der Waals surface area contributed by atoms with Crippen LogP contribution in [0.3, 0.4) is 0 Å². The number of rotatable bonds is 8. The fourth-order valence-corrected chi connectivity index (χ4v) is 2.97. The summed E-state index contributed by atoms with van der Waals surface area (Å²) in [6.45, 7) is 1.26. The van der Waals surface area contributed by atoms with Gasteiger partial charge in [0.2, 0.25) is 12.1 Å². The fourth-order valence-electron chi connectivity index (χ4n) is 2.97. The Kier molecular flexibility index (Phi) is 7.21. The molecular weight excluding hydrogens is 402 g/mol. The molecule has 1 unspecified atom stereocenters. The van der Waals surface area contributed by atoms with E-state index in [0.29, 0.717) is 0 Å². The van der Waals surface area contributed by atoms with Gasteiger partial charge in [0.05, 0.1) is 6.42 Å². The van der Waals surface area contributed by atoms with Crippen molar-refractivity contribution in [2.75, 3.05) is 0 Å². The minimum atomic E-state index is -1.02. The third-order valence-corrected chi connectivity index (χ3v) is 4.54. The number of hydrazine groups is 1. The van der Waals surface area contributed by atoms with Gasteiger partial charge in [0, 0.05) is 13.3 Å². The van der Waals surface area contributed by atoms with Crippen LogP contribution in [-0.2, 0) is 36.9 Å². The molecule has 0 bridgehead atoms. The summed E-state index contributed by atoms with van der Waals surface area (Å²) in [7, 11) is 0. The molecule has 1 saturated heterocycles. The van der Waals surface area contributed by atoms with Gasteiger partial charge in [-0.15, -0.1) is 0 Å². The van der Waals surface area contributed by atoms with E-state index in [0.717, 1.165) is 16.1 Å². The van der Waals surface area contributed by atoms with Gasteiger partial charge in [0.25, 0.3) is 5.91 Å². The minimum Gasteiger partial charge on any atom is -0.445 e. The number of alkyl carbamates (subject to hydrolysis) is 1. The lowest BCUT2D eigenvalue weighted by atomic mass is 10.1. The Hall–Kier alpha value is -3.88. The maximum absolute atomic E-state index is 12.8. The minimum absolute atomic E-state index is 0.0181. The molecule has 0 aliphatic carbocycles. The van der Waals surface area contributed by atoms with E-state index < -0.39 is 36.1 Å². The molecule has 1 aliphatic heterocycles. The second-order valence-electron chi connectivity index (χ2n) is 6.96. The van der Waals surface area contributed by atoms with Crippen LogP contribution in [0.5, 0.6) is 0 Å². The first kappa shape index (κ1) is 21.8. The Labute approximate surface area is 179 Å². The van der Waals surface area contributed by atoms with Crippen LogP contribution in [0.1, 0.15) is 24.5 Å². The Morgan fingerprint density at radius 1 is 1.03 bits per heavy atom. The molecule has 0 saturated carbocycles. The molecular formula is C22H23N3O6. The van der Waals surface area contributed by atoms with Crippen LogP contribution in [0.25, 0.3) is 0 Å². The third-order valence-electron chi connectivity index (χ3n) is 4.54. The molecule has 2 aromatic rings. The number of nitrogens with zero attached hydrogens (tertiary/aromatic N) is 1. The molecule has 1 aliphatic rings. The molecule has 9 nitrogen and oxygen atoms in total. The zero-order valence-electron chi connectivity index (χ0n) is 16.9. The number of hydrogen-bond acceptors (Lipinski definition) is 6. The van der Waals surface area contributed by atoms with Gasteiger partial charge in [-0.25, -0.2) is 9.80 Å². The monoisotopic (exact) mass is 425 g/mol. The molecule has 3 amide bonds. The van der Waals surface area contributed by atoms with E-state index in [1.165, 1.54) is 6.92 Å². The highest BCUT2D eigenvalue weighted by atomic mass is 16.6. The summed E-state index contributed by atoms with van der Waals surface area (Å²) in [6, 6.07) is 17.2. The van der Waals surface area contributed by atoms with Crippen molar-refractivity contribution in [2.45, 2.75) is 38.6 Å². The first-order valence-electron chi connectivity index (χ1n) is 9.73. The maximum atomic E-state index is 12.8. The van der Waals surface area contributed by atoms with Gasteiger partial charge in [-0.05, 0) is 11.1 Å². The highest BCUT2D eigenvalue weighted by molar-refractivity contribution is 5.90. The van der Waals surface area contributed by atoms with Crippen molar-refractivity contribution in [3.05, 3.63) is 71.8 Å². The molecule has 0 aromatic heterocycles. The molecule has 2 N–H and O–H groups in total. The molecule has 2 aromatic carbocycles. The van der Waals surface area contributed by atoms with E-state index in [1.54, 1.807) is 0 Å². The Balaban J connectivity index is 1.64. The van der Waals surface area contributed by atoms with E-state index in [2.05, 4.69) is 10.7 Å². The number of β-lactam (4-membered cyclic amide) rings is 1. The highest BCUT2D eigenvalue weighted by Crippen LogP contribution is 2.18. The van der Waals surface area contributed by atoms with Gasteiger partial charge in [0.15, 0.2) is 0 Å². The molecule has 31 heavy (non-hydrogen) atoms. The van der Waals surface area contributed by atoms with Crippen molar-refractivity contribution < 1.29 is 28.7 Å². The fraction of sp³-hybridized carbons (Fsp3) is 0.273. The zero-order chi connectivity index (χ0) is 22.2. The topological polar surface area (TPSA) is 114 Å². The van der Waals surface area contributed by atoms with Crippen LogP contribution in [0.4, 0.5) is 4.79 Å². The number of carbonyl (C=O) groups is 4. The smallest absolute Gasteiger partial charge is 0.408 e. The number of amides is 3. The van der Waals surface area contributed by atoms with E-state index in [-0.39, 0.29) is 19.4 Å². The number of carbonyl (C=O) groups excluding carboxylic acids is 4. The first-order valence-corrected chi connectivity index (χ1v) is 9.73. The molecule has 1 fully saturated rings. The molecule has 9 heteroatoms. The number of nitrogens with one attached hydrogen (secondary N) is 2. The number of esters is 1. The summed E-state index contributed by atoms with van der Waals surface area (Å²) in [6.07, 6.45) is -1.48. The van der Waals surface area contributed by atoms with E-state index in [4.69, 9.17) is 9.47 Å². The van der Waals surface area contributed by atoms with Crippen LogP contribution in [0.15, 0.2) is 60.7 Å². The van der Waals surface area contributed by atoms with Crippen molar-refractivity contribution >= 4 is 23.9 Å². The molecule has 1 heterocycles. The van der Waals surface area contributed by atoms with Gasteiger partial charge < -0.3 is 14.8 Å². The Morgan fingerprint density at radius 2 is 1.65 bits per heavy atom. The number of benzene rings is 2. The van der Waals surface area contributed by atoms with E-state index in [1.807, 2.05) is 60.7 Å². The Morgan fingerprint density at radius 3 is 2.23 bits per heavy atom. The summed E-state index contributed by atoms with van der Waals surface area (Å²) in [4.78, 5) is 48.1. The Bertz CT molecular complexity index is 935.